The number of unbranched alkanes of at least 4 members (excludes halogenated alkanes) is 2. The van der Waals surface area contributed by atoms with Crippen LogP contribution in [0.5, 0.6) is 0 Å². The van der Waals surface area contributed by atoms with Crippen molar-refractivity contribution >= 4 is 70.3 Å². The van der Waals surface area contributed by atoms with Gasteiger partial charge in [-0.3, -0.25) is 14.6 Å². The fraction of sp³-hybridized carbons (Fsp3) is 0.324. The maximum atomic E-state index is 12.2. The number of rotatable bonds is 17. The normalized spacial score (nSPS) is 13.7. The fourth-order valence-electron chi connectivity index (χ4n) is 5.31. The maximum Gasteiger partial charge on any atom is 1.00 e. The van der Waals surface area contributed by atoms with E-state index in [0.29, 0.717) is 17.2 Å². The number of anilines is 2. The van der Waals surface area contributed by atoms with Crippen molar-refractivity contribution in [2.24, 2.45) is 0 Å². The van der Waals surface area contributed by atoms with Crippen molar-refractivity contribution in [1.29, 1.82) is 0 Å². The first-order valence-corrected chi connectivity index (χ1v) is 18.1. The van der Waals surface area contributed by atoms with Crippen LogP contribution in [0.2, 0.25) is 0 Å². The van der Waals surface area contributed by atoms with Gasteiger partial charge >= 0.3 is 24.8 Å². The minimum absolute atomic E-state index is 0. The summed E-state index contributed by atoms with van der Waals surface area (Å²) in [5, 5.41) is 14.2. The van der Waals surface area contributed by atoms with E-state index in [1.807, 2.05) is 17.8 Å². The number of hydrogen-bond donors (Lipinski definition) is 0. The molecule has 3 aromatic rings. The molecule has 0 saturated carbocycles. The summed E-state index contributed by atoms with van der Waals surface area (Å²) in [5.41, 5.74) is 7.11. The molecule has 13 heteroatoms. The third-order valence-electron chi connectivity index (χ3n) is 7.45. The van der Waals surface area contributed by atoms with Crippen LogP contribution in [-0.2, 0) is 35.1 Å². The van der Waals surface area contributed by atoms with Crippen LogP contribution >= 0.6 is 35.6 Å². The predicted molar refractivity (Wildman–Crippen MR) is 181 cm³/mol. The number of imide groups is 1. The topological polar surface area (TPSA) is 108 Å². The van der Waals surface area contributed by atoms with E-state index in [-0.39, 0.29) is 38.1 Å². The maximum absolute atomic E-state index is 12.2. The Bertz CT molecular complexity index is 1480. The largest absolute Gasteiger partial charge is 1.00 e. The minimum Gasteiger partial charge on any atom is -0.691 e. The van der Waals surface area contributed by atoms with E-state index >= 15 is 0 Å². The summed E-state index contributed by atoms with van der Waals surface area (Å²) >= 11 is 4.61. The van der Waals surface area contributed by atoms with Gasteiger partial charge in [-0.1, -0.05) is 73.2 Å². The van der Waals surface area contributed by atoms with Gasteiger partial charge in [0.15, 0.2) is 0 Å². The molecule has 0 N–H and O–H groups in total. The molecule has 9 nitrogen and oxygen atoms in total. The number of amides is 2. The van der Waals surface area contributed by atoms with Crippen molar-refractivity contribution in [3.63, 3.8) is 0 Å². The molecular weight excluding hydrogens is 652 g/mol. The second-order valence-corrected chi connectivity index (χ2v) is 13.9. The Morgan fingerprint density at radius 1 is 0.745 bits per heavy atom. The number of thioether (sulfide) groups is 2. The van der Waals surface area contributed by atoms with Crippen LogP contribution in [0.3, 0.4) is 0 Å². The third kappa shape index (κ3) is 10.2. The predicted octanol–water partition coefficient (Wildman–Crippen LogP) is 3.96. The van der Waals surface area contributed by atoms with Crippen LogP contribution in [0, 0.1) is 0 Å². The number of fused-ring (bicyclic) bond motifs is 2. The van der Waals surface area contributed by atoms with Crippen LogP contribution in [-0.4, -0.2) is 40.1 Å². The third-order valence-corrected chi connectivity index (χ3v) is 10.7. The average molecular weight is 687 g/mol. The van der Waals surface area contributed by atoms with Crippen molar-refractivity contribution in [3.05, 3.63) is 99.8 Å². The number of hydrogen-bond acceptors (Lipinski definition) is 11. The molecule has 0 atom stereocenters. The molecule has 0 aliphatic carbocycles. The quantitative estimate of drug-likeness (QED) is 0.0515. The number of carbonyl (C=O) groups is 3. The summed E-state index contributed by atoms with van der Waals surface area (Å²) < 4.78 is 5.66. The van der Waals surface area contributed by atoms with E-state index in [1.165, 1.54) is 26.5 Å². The Morgan fingerprint density at radius 2 is 1.34 bits per heavy atom. The fourth-order valence-corrected chi connectivity index (χ4v) is 8.43. The second-order valence-electron chi connectivity index (χ2n) is 10.6. The summed E-state index contributed by atoms with van der Waals surface area (Å²) in [5.74, 6) is 0.821. The monoisotopic (exact) mass is 686 g/mol. The number of hydroxylamine groups is 2. The molecular formula is C34H35LiN2O7S3. The van der Waals surface area contributed by atoms with Crippen molar-refractivity contribution in [1.82, 2.24) is 5.06 Å². The Kier molecular flexibility index (Phi) is 15.3. The number of nitrogens with zero attached hydrogens (tertiary/aromatic N) is 2. The molecule has 2 aliphatic heterocycles. The van der Waals surface area contributed by atoms with Gasteiger partial charge in [-0.2, -0.15) is 4.33 Å². The molecule has 2 heterocycles. The first-order valence-electron chi connectivity index (χ1n) is 15.2. The zero-order chi connectivity index (χ0) is 32.1. The summed E-state index contributed by atoms with van der Waals surface area (Å²) in [7, 11) is 0. The van der Waals surface area contributed by atoms with Gasteiger partial charge in [-0.25, -0.2) is 4.79 Å². The molecule has 5 rings (SSSR count). The summed E-state index contributed by atoms with van der Waals surface area (Å²) in [6.07, 6.45) is 3.43. The number of para-hydroxylation sites is 2. The standard InChI is InChI=1S/C34H36N2O7S3.Li/c37-30-19-20-31(38)36(30)41-32(39)18-5-2-10-21-44-34(45-22-11-23-46-43-42-40)33-26-14-6-8-16-28(26)35(24-25-12-3-1-4-13-25)29-17-9-7-15-27(29)33;/h1,3-4,6-9,12-17,40H,2,5,10-11,18-24H2;/q;+1/p-1. The zero-order valence-electron chi connectivity index (χ0n) is 26.3. The van der Waals surface area contributed by atoms with Gasteiger partial charge in [0.2, 0.25) is 0 Å². The molecule has 0 spiro atoms. The molecule has 2 aliphatic rings. The minimum atomic E-state index is -0.561. The van der Waals surface area contributed by atoms with Crippen LogP contribution < -0.4 is 29.0 Å². The Labute approximate surface area is 300 Å². The summed E-state index contributed by atoms with van der Waals surface area (Å²) in [6.45, 7) is 0.749. The van der Waals surface area contributed by atoms with Crippen LogP contribution in [0.4, 0.5) is 11.4 Å². The summed E-state index contributed by atoms with van der Waals surface area (Å²) in [6, 6.07) is 27.5. The Morgan fingerprint density at radius 3 is 1.98 bits per heavy atom. The van der Waals surface area contributed by atoms with Crippen molar-refractivity contribution in [3.8, 4) is 0 Å². The van der Waals surface area contributed by atoms with Gasteiger partial charge in [-0.15, -0.1) is 28.6 Å². The molecule has 3 aromatic carbocycles. The number of benzene rings is 3. The smallest absolute Gasteiger partial charge is 0.691 e. The van der Waals surface area contributed by atoms with Crippen LogP contribution in [0.25, 0.3) is 5.57 Å². The van der Waals surface area contributed by atoms with Gasteiger partial charge in [-0.05, 0) is 48.5 Å². The molecule has 0 aromatic heterocycles. The van der Waals surface area contributed by atoms with Crippen LogP contribution in [0.1, 0.15) is 61.6 Å². The molecule has 0 radical (unpaired) electrons. The van der Waals surface area contributed by atoms with Gasteiger partial charge in [0.25, 0.3) is 11.8 Å². The SMILES string of the molecule is O=C(CCCCCSC(SCCCSOO[O-])=C1c2ccccc2N(Cc2ccccc2)c2ccccc21)ON1C(=O)CCC1=O.[Li+]. The first kappa shape index (κ1) is 37.2. The molecule has 0 bridgehead atoms. The van der Waals surface area contributed by atoms with E-state index in [0.717, 1.165) is 60.7 Å². The van der Waals surface area contributed by atoms with Gasteiger partial charge in [0.05, 0.1) is 0 Å². The zero-order valence-corrected chi connectivity index (χ0v) is 28.7. The van der Waals surface area contributed by atoms with Gasteiger partial charge in [0, 0.05) is 75.9 Å². The van der Waals surface area contributed by atoms with E-state index in [4.69, 9.17) is 4.84 Å². The van der Waals surface area contributed by atoms with Crippen LogP contribution in [0.15, 0.2) is 83.1 Å². The van der Waals surface area contributed by atoms with Crippen molar-refractivity contribution in [2.75, 3.05) is 22.2 Å². The molecule has 0 unspecified atom stereocenters. The Balaban J connectivity index is 0.00000500. The van der Waals surface area contributed by atoms with Crippen molar-refractivity contribution in [2.45, 2.75) is 51.5 Å². The number of carbonyl (C=O) groups excluding carboxylic acids is 3. The average Bonchev–Trinajstić information content (AvgIpc) is 3.39. The van der Waals surface area contributed by atoms with Gasteiger partial charge in [0.1, 0.15) is 0 Å². The molecule has 2 amide bonds. The van der Waals surface area contributed by atoms with E-state index in [1.54, 1.807) is 11.8 Å². The molecule has 1 fully saturated rings. The van der Waals surface area contributed by atoms with Gasteiger partial charge < -0.3 is 15.0 Å². The second kappa shape index (κ2) is 19.4. The summed E-state index contributed by atoms with van der Waals surface area (Å²) in [4.78, 5) is 43.0. The van der Waals surface area contributed by atoms with Crippen molar-refractivity contribution < 1.29 is 52.7 Å². The first-order chi connectivity index (χ1) is 22.6. The molecule has 242 valence electrons. The Hall–Kier alpha value is -2.66. The molecule has 1 saturated heterocycles. The van der Waals surface area contributed by atoms with E-state index in [9.17, 15) is 19.6 Å². The molecule has 47 heavy (non-hydrogen) atoms. The van der Waals surface area contributed by atoms with E-state index < -0.39 is 17.8 Å². The van der Waals surface area contributed by atoms with E-state index in [2.05, 4.69) is 87.1 Å².